The van der Waals surface area contributed by atoms with Crippen LogP contribution >= 0.6 is 0 Å². The highest BCUT2D eigenvalue weighted by molar-refractivity contribution is 6.01. The number of amides is 2. The molecule has 2 rings (SSSR count). The van der Waals surface area contributed by atoms with Crippen molar-refractivity contribution in [2.45, 2.75) is 25.8 Å². The predicted molar refractivity (Wildman–Crippen MR) is 72.3 cm³/mol. The summed E-state index contributed by atoms with van der Waals surface area (Å²) in [5, 5.41) is 2.38. The molecule has 1 saturated heterocycles. The minimum Gasteiger partial charge on any atom is -0.497 e. The maximum absolute atomic E-state index is 11.9. The van der Waals surface area contributed by atoms with Gasteiger partial charge in [-0.15, -0.1) is 0 Å². The number of hydrogen-bond acceptors (Lipinski definition) is 4. The number of likely N-dealkylation sites (N-methyl/N-ethyl adjacent to an activating group) is 1. The number of anilines is 1. The van der Waals surface area contributed by atoms with Gasteiger partial charge in [-0.05, 0) is 37.1 Å². The van der Waals surface area contributed by atoms with E-state index in [0.29, 0.717) is 12.8 Å². The van der Waals surface area contributed by atoms with E-state index >= 15 is 0 Å². The molecule has 1 atom stereocenters. The third kappa shape index (κ3) is 2.70. The van der Waals surface area contributed by atoms with Crippen molar-refractivity contribution in [3.05, 3.63) is 23.8 Å². The Morgan fingerprint density at radius 1 is 1.37 bits per heavy atom. The van der Waals surface area contributed by atoms with Crippen LogP contribution < -0.4 is 15.0 Å². The maximum atomic E-state index is 11.9. The summed E-state index contributed by atoms with van der Waals surface area (Å²) in [6.45, 7) is 1.97. The first-order chi connectivity index (χ1) is 9.02. The fourth-order valence-electron chi connectivity index (χ4n) is 2.37. The summed E-state index contributed by atoms with van der Waals surface area (Å²) in [5.74, 6) is 0.369. The second kappa shape index (κ2) is 5.30. The van der Waals surface area contributed by atoms with Crippen molar-refractivity contribution < 1.29 is 14.3 Å². The van der Waals surface area contributed by atoms with Gasteiger partial charge in [-0.1, -0.05) is 0 Å². The lowest BCUT2D eigenvalue weighted by Crippen LogP contribution is -2.51. The van der Waals surface area contributed by atoms with Gasteiger partial charge < -0.3 is 9.64 Å². The summed E-state index contributed by atoms with van der Waals surface area (Å²) < 4.78 is 5.17. The molecular formula is C14H18N2O3. The lowest BCUT2D eigenvalue weighted by Gasteiger charge is -2.32. The van der Waals surface area contributed by atoms with E-state index in [9.17, 15) is 9.59 Å². The number of carbonyl (C=O) groups excluding carboxylic acids is 2. The first kappa shape index (κ1) is 13.4. The van der Waals surface area contributed by atoms with E-state index in [1.165, 1.54) is 0 Å². The van der Waals surface area contributed by atoms with Crippen molar-refractivity contribution in [1.82, 2.24) is 5.32 Å². The summed E-state index contributed by atoms with van der Waals surface area (Å²) in [6.07, 6.45) is 0.933. The molecule has 1 unspecified atom stereocenters. The molecule has 0 aromatic heterocycles. The van der Waals surface area contributed by atoms with Gasteiger partial charge in [0.25, 0.3) is 0 Å². The predicted octanol–water partition coefficient (Wildman–Crippen LogP) is 1.25. The molecule has 2 amide bonds. The zero-order chi connectivity index (χ0) is 14.0. The third-order valence-corrected chi connectivity index (χ3v) is 3.46. The molecule has 0 saturated carbocycles. The van der Waals surface area contributed by atoms with E-state index in [1.54, 1.807) is 7.11 Å². The number of imide groups is 1. The Morgan fingerprint density at radius 3 is 2.68 bits per heavy atom. The Kier molecular flexibility index (Phi) is 3.74. The number of hydrogen-bond donors (Lipinski definition) is 1. The number of carbonyl (C=O) groups is 2. The highest BCUT2D eigenvalue weighted by Gasteiger charge is 2.30. The normalized spacial score (nSPS) is 19.0. The van der Waals surface area contributed by atoms with E-state index in [4.69, 9.17) is 4.74 Å². The van der Waals surface area contributed by atoms with E-state index in [2.05, 4.69) is 5.32 Å². The van der Waals surface area contributed by atoms with Crippen LogP contribution in [0.4, 0.5) is 5.69 Å². The highest BCUT2D eigenvalue weighted by Crippen LogP contribution is 2.27. The summed E-state index contributed by atoms with van der Waals surface area (Å²) >= 11 is 0. The zero-order valence-corrected chi connectivity index (χ0v) is 11.4. The molecule has 5 heteroatoms. The van der Waals surface area contributed by atoms with E-state index < -0.39 is 0 Å². The fraction of sp³-hybridized carbons (Fsp3) is 0.429. The van der Waals surface area contributed by atoms with Gasteiger partial charge in [0.1, 0.15) is 11.8 Å². The molecule has 102 valence electrons. The molecule has 1 heterocycles. The summed E-state index contributed by atoms with van der Waals surface area (Å²) in [7, 11) is 3.49. The molecule has 0 radical (unpaired) electrons. The minimum atomic E-state index is -0.301. The van der Waals surface area contributed by atoms with Crippen molar-refractivity contribution in [1.29, 1.82) is 0 Å². The first-order valence-corrected chi connectivity index (χ1v) is 6.24. The molecule has 0 aliphatic carbocycles. The Labute approximate surface area is 112 Å². The van der Waals surface area contributed by atoms with Crippen LogP contribution in [0, 0.1) is 6.92 Å². The Balaban J connectivity index is 2.21. The first-order valence-electron chi connectivity index (χ1n) is 6.24. The summed E-state index contributed by atoms with van der Waals surface area (Å²) in [5.41, 5.74) is 2.00. The van der Waals surface area contributed by atoms with E-state index in [0.717, 1.165) is 17.0 Å². The van der Waals surface area contributed by atoms with Crippen LogP contribution in [-0.4, -0.2) is 32.0 Å². The lowest BCUT2D eigenvalue weighted by molar-refractivity contribution is -0.134. The molecule has 1 aromatic rings. The molecular weight excluding hydrogens is 244 g/mol. The van der Waals surface area contributed by atoms with Gasteiger partial charge in [-0.3, -0.25) is 14.9 Å². The van der Waals surface area contributed by atoms with Crippen LogP contribution in [0.15, 0.2) is 18.2 Å². The lowest BCUT2D eigenvalue weighted by atomic mass is 10.0. The molecule has 0 bridgehead atoms. The number of benzene rings is 1. The summed E-state index contributed by atoms with van der Waals surface area (Å²) in [4.78, 5) is 24.9. The molecule has 1 fully saturated rings. The molecule has 0 spiro atoms. The number of rotatable bonds is 3. The number of ether oxygens (including phenoxy) is 1. The van der Waals surface area contributed by atoms with Crippen LogP contribution in [0.25, 0.3) is 0 Å². The Bertz CT molecular complexity index is 513. The van der Waals surface area contributed by atoms with E-state index in [1.807, 2.05) is 37.1 Å². The number of nitrogens with one attached hydrogen (secondary N) is 1. The standard InChI is InChI=1S/C14H18N2O3/c1-9-8-10(19-3)4-5-11(9)16(2)12-6-7-13(17)15-14(12)18/h4-5,8,12H,6-7H2,1-3H3,(H,15,17,18). The van der Waals surface area contributed by atoms with Crippen molar-refractivity contribution in [3.63, 3.8) is 0 Å². The van der Waals surface area contributed by atoms with Crippen LogP contribution in [0.1, 0.15) is 18.4 Å². The average Bonchev–Trinajstić information content (AvgIpc) is 2.37. The number of nitrogens with zero attached hydrogens (tertiary/aromatic N) is 1. The van der Waals surface area contributed by atoms with Crippen molar-refractivity contribution in [2.75, 3.05) is 19.1 Å². The van der Waals surface area contributed by atoms with Crippen LogP contribution in [0.2, 0.25) is 0 Å². The van der Waals surface area contributed by atoms with E-state index in [-0.39, 0.29) is 17.9 Å². The van der Waals surface area contributed by atoms with Crippen molar-refractivity contribution in [2.24, 2.45) is 0 Å². The third-order valence-electron chi connectivity index (χ3n) is 3.46. The van der Waals surface area contributed by atoms with Gasteiger partial charge in [0, 0.05) is 19.2 Å². The zero-order valence-electron chi connectivity index (χ0n) is 11.4. The number of piperidine rings is 1. The van der Waals surface area contributed by atoms with Crippen LogP contribution in [-0.2, 0) is 9.59 Å². The quantitative estimate of drug-likeness (QED) is 0.833. The van der Waals surface area contributed by atoms with Gasteiger partial charge in [0.05, 0.1) is 7.11 Å². The summed E-state index contributed by atoms with van der Waals surface area (Å²) in [6, 6.07) is 5.42. The maximum Gasteiger partial charge on any atom is 0.249 e. The van der Waals surface area contributed by atoms with Crippen LogP contribution in [0.5, 0.6) is 5.75 Å². The second-order valence-corrected chi connectivity index (χ2v) is 4.73. The second-order valence-electron chi connectivity index (χ2n) is 4.73. The SMILES string of the molecule is COc1ccc(N(C)C2CCC(=O)NC2=O)c(C)c1. The van der Waals surface area contributed by atoms with Gasteiger partial charge in [0.2, 0.25) is 11.8 Å². The van der Waals surface area contributed by atoms with Gasteiger partial charge >= 0.3 is 0 Å². The molecule has 19 heavy (non-hydrogen) atoms. The van der Waals surface area contributed by atoms with Crippen molar-refractivity contribution in [3.8, 4) is 5.75 Å². The monoisotopic (exact) mass is 262 g/mol. The largest absolute Gasteiger partial charge is 0.497 e. The van der Waals surface area contributed by atoms with Gasteiger partial charge in [0.15, 0.2) is 0 Å². The highest BCUT2D eigenvalue weighted by atomic mass is 16.5. The molecule has 1 aromatic carbocycles. The van der Waals surface area contributed by atoms with Crippen LogP contribution in [0.3, 0.4) is 0 Å². The minimum absolute atomic E-state index is 0.193. The topological polar surface area (TPSA) is 58.6 Å². The number of methoxy groups -OCH3 is 1. The Hall–Kier alpha value is -2.04. The van der Waals surface area contributed by atoms with Gasteiger partial charge in [-0.25, -0.2) is 0 Å². The molecule has 1 aliphatic rings. The fourth-order valence-corrected chi connectivity index (χ4v) is 2.37. The van der Waals surface area contributed by atoms with Crippen molar-refractivity contribution >= 4 is 17.5 Å². The molecule has 1 aliphatic heterocycles. The van der Waals surface area contributed by atoms with Gasteiger partial charge in [-0.2, -0.15) is 0 Å². The molecule has 1 N–H and O–H groups in total. The molecule has 5 nitrogen and oxygen atoms in total. The average molecular weight is 262 g/mol. The Morgan fingerprint density at radius 2 is 2.11 bits per heavy atom. The number of aryl methyl sites for hydroxylation is 1. The smallest absolute Gasteiger partial charge is 0.249 e.